The number of hydrogen-bond acceptors (Lipinski definition) is 2. The molecule has 0 aromatic heterocycles. The molecule has 0 aliphatic carbocycles. The highest BCUT2D eigenvalue weighted by atomic mass is 19.4. The third-order valence-electron chi connectivity index (χ3n) is 2.33. The van der Waals surface area contributed by atoms with Gasteiger partial charge in [0.25, 0.3) is 0 Å². The SMILES string of the molecule is C[C@@H](CO)NC(=O)Cc1ccc(C(F)(F)F)cc1. The molecule has 0 bridgehead atoms. The zero-order chi connectivity index (χ0) is 13.8. The number of aliphatic hydroxyl groups is 1. The first-order valence-electron chi connectivity index (χ1n) is 5.39. The van der Waals surface area contributed by atoms with Crippen LogP contribution >= 0.6 is 0 Å². The number of carbonyl (C=O) groups is 1. The van der Waals surface area contributed by atoms with E-state index in [-0.39, 0.29) is 25.0 Å². The van der Waals surface area contributed by atoms with Crippen LogP contribution < -0.4 is 5.32 Å². The highest BCUT2D eigenvalue weighted by Crippen LogP contribution is 2.29. The summed E-state index contributed by atoms with van der Waals surface area (Å²) in [6.45, 7) is 1.45. The lowest BCUT2D eigenvalue weighted by Crippen LogP contribution is -2.35. The van der Waals surface area contributed by atoms with E-state index in [1.54, 1.807) is 6.92 Å². The largest absolute Gasteiger partial charge is 0.416 e. The van der Waals surface area contributed by atoms with Gasteiger partial charge in [0.2, 0.25) is 5.91 Å². The van der Waals surface area contributed by atoms with Crippen molar-refractivity contribution in [1.29, 1.82) is 0 Å². The normalized spacial score (nSPS) is 13.2. The molecule has 0 spiro atoms. The number of aliphatic hydroxyl groups excluding tert-OH is 1. The maximum Gasteiger partial charge on any atom is 0.416 e. The van der Waals surface area contributed by atoms with Crippen LogP contribution in [0.5, 0.6) is 0 Å². The molecule has 6 heteroatoms. The van der Waals surface area contributed by atoms with Crippen LogP contribution in [0.25, 0.3) is 0 Å². The van der Waals surface area contributed by atoms with Crippen LogP contribution in [0.3, 0.4) is 0 Å². The topological polar surface area (TPSA) is 49.3 Å². The average molecular weight is 261 g/mol. The number of hydrogen-bond donors (Lipinski definition) is 2. The van der Waals surface area contributed by atoms with Gasteiger partial charge < -0.3 is 10.4 Å². The summed E-state index contributed by atoms with van der Waals surface area (Å²) in [4.78, 5) is 11.4. The summed E-state index contributed by atoms with van der Waals surface area (Å²) in [5.74, 6) is -0.337. The van der Waals surface area contributed by atoms with Crippen molar-refractivity contribution in [1.82, 2.24) is 5.32 Å². The molecule has 2 N–H and O–H groups in total. The van der Waals surface area contributed by atoms with Crippen LogP contribution in [0.2, 0.25) is 0 Å². The molecular weight excluding hydrogens is 247 g/mol. The number of alkyl halides is 3. The molecule has 0 radical (unpaired) electrons. The number of rotatable bonds is 4. The fourth-order valence-corrected chi connectivity index (χ4v) is 1.37. The monoisotopic (exact) mass is 261 g/mol. The molecule has 0 aliphatic rings. The second-order valence-corrected chi connectivity index (χ2v) is 4.02. The quantitative estimate of drug-likeness (QED) is 0.867. The van der Waals surface area contributed by atoms with Gasteiger partial charge in [0.05, 0.1) is 18.6 Å². The summed E-state index contributed by atoms with van der Waals surface area (Å²) in [6, 6.07) is 4.06. The van der Waals surface area contributed by atoms with Gasteiger partial charge in [-0.3, -0.25) is 4.79 Å². The first kappa shape index (κ1) is 14.5. The molecule has 0 fully saturated rings. The summed E-state index contributed by atoms with van der Waals surface area (Å²) in [6.07, 6.45) is -4.38. The Balaban J connectivity index is 2.61. The zero-order valence-electron chi connectivity index (χ0n) is 9.79. The van der Waals surface area contributed by atoms with Gasteiger partial charge in [-0.2, -0.15) is 13.2 Å². The van der Waals surface area contributed by atoms with Crippen molar-refractivity contribution in [2.75, 3.05) is 6.61 Å². The molecule has 1 rings (SSSR count). The third kappa shape index (κ3) is 4.37. The number of amides is 1. The third-order valence-corrected chi connectivity index (χ3v) is 2.33. The van der Waals surface area contributed by atoms with Crippen LogP contribution in [-0.2, 0) is 17.4 Å². The van der Waals surface area contributed by atoms with Gasteiger partial charge in [0, 0.05) is 6.04 Å². The molecule has 3 nitrogen and oxygen atoms in total. The van der Waals surface area contributed by atoms with E-state index in [2.05, 4.69) is 5.32 Å². The highest BCUT2D eigenvalue weighted by molar-refractivity contribution is 5.78. The van der Waals surface area contributed by atoms with Crippen molar-refractivity contribution < 1.29 is 23.1 Å². The lowest BCUT2D eigenvalue weighted by atomic mass is 10.1. The van der Waals surface area contributed by atoms with Gasteiger partial charge in [-0.05, 0) is 24.6 Å². The van der Waals surface area contributed by atoms with Crippen molar-refractivity contribution in [3.05, 3.63) is 35.4 Å². The molecule has 1 atom stereocenters. The Hall–Kier alpha value is -1.56. The Kier molecular flexibility index (Phi) is 4.72. The Labute approximate surface area is 103 Å². The van der Waals surface area contributed by atoms with Gasteiger partial charge in [0.15, 0.2) is 0 Å². The fourth-order valence-electron chi connectivity index (χ4n) is 1.37. The van der Waals surface area contributed by atoms with Gasteiger partial charge in [0.1, 0.15) is 0 Å². The Morgan fingerprint density at radius 2 is 1.89 bits per heavy atom. The van der Waals surface area contributed by atoms with E-state index in [1.807, 2.05) is 0 Å². The maximum atomic E-state index is 12.3. The number of halogens is 3. The molecule has 0 heterocycles. The van der Waals surface area contributed by atoms with Crippen LogP contribution in [0.4, 0.5) is 13.2 Å². The predicted octanol–water partition coefficient (Wildman–Crippen LogP) is 1.74. The minimum Gasteiger partial charge on any atom is -0.394 e. The lowest BCUT2D eigenvalue weighted by molar-refractivity contribution is -0.137. The lowest BCUT2D eigenvalue weighted by Gasteiger charge is -2.11. The van der Waals surface area contributed by atoms with E-state index >= 15 is 0 Å². The van der Waals surface area contributed by atoms with Crippen molar-refractivity contribution in [3.63, 3.8) is 0 Å². The summed E-state index contributed by atoms with van der Waals surface area (Å²) >= 11 is 0. The van der Waals surface area contributed by atoms with E-state index in [0.29, 0.717) is 5.56 Å². The molecule has 1 amide bonds. The molecule has 0 saturated heterocycles. The number of nitrogens with one attached hydrogen (secondary N) is 1. The Bertz CT molecular complexity index is 401. The molecule has 0 unspecified atom stereocenters. The standard InChI is InChI=1S/C12H14F3NO2/c1-8(7-17)16-11(18)6-9-2-4-10(5-3-9)12(13,14)15/h2-5,8,17H,6-7H2,1H3,(H,16,18)/t8-/m0/s1. The fraction of sp³-hybridized carbons (Fsp3) is 0.417. The van der Waals surface area contributed by atoms with Gasteiger partial charge in [-0.15, -0.1) is 0 Å². The molecular formula is C12H14F3NO2. The van der Waals surface area contributed by atoms with Gasteiger partial charge in [-0.25, -0.2) is 0 Å². The molecule has 0 saturated carbocycles. The van der Waals surface area contributed by atoms with E-state index in [9.17, 15) is 18.0 Å². The van der Waals surface area contributed by atoms with Crippen molar-refractivity contribution in [3.8, 4) is 0 Å². The smallest absolute Gasteiger partial charge is 0.394 e. The maximum absolute atomic E-state index is 12.3. The van der Waals surface area contributed by atoms with E-state index in [0.717, 1.165) is 12.1 Å². The second-order valence-electron chi connectivity index (χ2n) is 4.02. The molecule has 1 aromatic rings. The molecule has 18 heavy (non-hydrogen) atoms. The Morgan fingerprint density at radius 3 is 2.33 bits per heavy atom. The van der Waals surface area contributed by atoms with Crippen LogP contribution in [0, 0.1) is 0 Å². The van der Waals surface area contributed by atoms with E-state index < -0.39 is 11.7 Å². The molecule has 0 aliphatic heterocycles. The number of carbonyl (C=O) groups excluding carboxylic acids is 1. The summed E-state index contributed by atoms with van der Waals surface area (Å²) in [5, 5.41) is 11.2. The summed E-state index contributed by atoms with van der Waals surface area (Å²) < 4.78 is 36.9. The minimum absolute atomic E-state index is 0.0114. The van der Waals surface area contributed by atoms with E-state index in [4.69, 9.17) is 5.11 Å². The summed E-state index contributed by atoms with van der Waals surface area (Å²) in [5.41, 5.74) is -0.249. The second kappa shape index (κ2) is 5.86. The van der Waals surface area contributed by atoms with Crippen molar-refractivity contribution >= 4 is 5.91 Å². The average Bonchev–Trinajstić information content (AvgIpc) is 2.28. The molecule has 1 aromatic carbocycles. The van der Waals surface area contributed by atoms with Crippen molar-refractivity contribution in [2.24, 2.45) is 0 Å². The molecule has 100 valence electrons. The zero-order valence-corrected chi connectivity index (χ0v) is 9.79. The van der Waals surface area contributed by atoms with Crippen LogP contribution in [0.15, 0.2) is 24.3 Å². The predicted molar refractivity (Wildman–Crippen MR) is 59.8 cm³/mol. The Morgan fingerprint density at radius 1 is 1.33 bits per heavy atom. The van der Waals surface area contributed by atoms with Gasteiger partial charge in [-0.1, -0.05) is 12.1 Å². The van der Waals surface area contributed by atoms with Crippen LogP contribution in [0.1, 0.15) is 18.1 Å². The van der Waals surface area contributed by atoms with Gasteiger partial charge >= 0.3 is 6.18 Å². The first-order chi connectivity index (χ1) is 8.32. The first-order valence-corrected chi connectivity index (χ1v) is 5.39. The van der Waals surface area contributed by atoms with Crippen molar-refractivity contribution in [2.45, 2.75) is 25.6 Å². The highest BCUT2D eigenvalue weighted by Gasteiger charge is 2.29. The summed E-state index contributed by atoms with van der Waals surface area (Å²) in [7, 11) is 0. The van der Waals surface area contributed by atoms with E-state index in [1.165, 1.54) is 12.1 Å². The van der Waals surface area contributed by atoms with Crippen LogP contribution in [-0.4, -0.2) is 23.7 Å². The number of benzene rings is 1. The minimum atomic E-state index is -4.37.